The van der Waals surface area contributed by atoms with Crippen LogP contribution < -0.4 is 5.32 Å². The van der Waals surface area contributed by atoms with Crippen LogP contribution in [0.1, 0.15) is 25.0 Å². The number of anilines is 1. The second-order valence-electron chi connectivity index (χ2n) is 6.10. The van der Waals surface area contributed by atoms with Crippen molar-refractivity contribution in [3.8, 4) is 0 Å². The Hall–Kier alpha value is -2.42. The Bertz CT molecular complexity index is 795. The molecule has 2 atom stereocenters. The van der Waals surface area contributed by atoms with Crippen LogP contribution in [0.15, 0.2) is 53.5 Å². The average molecular weight is 276 g/mol. The van der Waals surface area contributed by atoms with E-state index in [1.54, 1.807) is 0 Å². The minimum atomic E-state index is -0.653. The highest BCUT2D eigenvalue weighted by atomic mass is 16.2. The normalized spacial score (nSPS) is 29.1. The molecule has 1 amide bonds. The highest BCUT2D eigenvalue weighted by Gasteiger charge is 2.57. The molecule has 2 aromatic carbocycles. The van der Waals surface area contributed by atoms with Gasteiger partial charge in [0.2, 0.25) is 5.91 Å². The van der Waals surface area contributed by atoms with Crippen molar-refractivity contribution in [3.63, 3.8) is 0 Å². The summed E-state index contributed by atoms with van der Waals surface area (Å²) < 4.78 is 0. The van der Waals surface area contributed by atoms with Crippen molar-refractivity contribution in [2.45, 2.75) is 24.7 Å². The maximum Gasteiger partial charge on any atom is 0.236 e. The summed E-state index contributed by atoms with van der Waals surface area (Å²) in [7, 11) is 0. The Balaban J connectivity index is 1.99. The number of fused-ring (bicyclic) bond motifs is 2. The van der Waals surface area contributed by atoms with Crippen LogP contribution in [0.3, 0.4) is 0 Å². The molecule has 0 aliphatic carbocycles. The van der Waals surface area contributed by atoms with Crippen molar-refractivity contribution in [1.29, 1.82) is 0 Å². The zero-order valence-electron chi connectivity index (χ0n) is 12.1. The first-order valence-electron chi connectivity index (χ1n) is 7.13. The van der Waals surface area contributed by atoms with E-state index in [9.17, 15) is 4.79 Å². The van der Waals surface area contributed by atoms with Gasteiger partial charge in [-0.15, -0.1) is 0 Å². The number of carbonyl (C=O) groups is 1. The van der Waals surface area contributed by atoms with Gasteiger partial charge in [0.05, 0.1) is 11.1 Å². The summed E-state index contributed by atoms with van der Waals surface area (Å²) in [5.41, 5.74) is 2.92. The molecule has 2 heterocycles. The Morgan fingerprint density at radius 3 is 2.43 bits per heavy atom. The van der Waals surface area contributed by atoms with Crippen molar-refractivity contribution >= 4 is 23.5 Å². The second kappa shape index (κ2) is 3.82. The predicted octanol–water partition coefficient (Wildman–Crippen LogP) is 3.57. The molecule has 3 heteroatoms. The largest absolute Gasteiger partial charge is 0.325 e. The number of para-hydroxylation sites is 2. The number of rotatable bonds is 1. The lowest BCUT2D eigenvalue weighted by Crippen LogP contribution is -2.49. The number of nitrogens with one attached hydrogen (secondary N) is 1. The standard InChI is InChI=1S/C18H16N2O/c1-17(11-19-14-9-5-3-7-12(14)17)18(2)13-8-4-6-10-15(13)20-16(18)21/h3-11H,1-2H3,(H,20,21)/t17?,18-/m1/s1. The average Bonchev–Trinajstić information content (AvgIpc) is 2.98. The molecular formula is C18H16N2O. The van der Waals surface area contributed by atoms with Crippen molar-refractivity contribution in [1.82, 2.24) is 0 Å². The molecule has 0 spiro atoms. The molecule has 0 saturated heterocycles. The molecule has 2 aliphatic heterocycles. The minimum Gasteiger partial charge on any atom is -0.325 e. The number of aliphatic imine (C=N–C) groups is 1. The fraction of sp³-hybridized carbons (Fsp3) is 0.222. The van der Waals surface area contributed by atoms with E-state index in [4.69, 9.17) is 0 Å². The zero-order chi connectivity index (χ0) is 14.7. The number of hydrogen-bond donors (Lipinski definition) is 1. The molecule has 1 unspecified atom stereocenters. The fourth-order valence-electron chi connectivity index (χ4n) is 3.61. The van der Waals surface area contributed by atoms with Gasteiger partial charge < -0.3 is 5.32 Å². The summed E-state index contributed by atoms with van der Waals surface area (Å²) in [5, 5.41) is 3.02. The van der Waals surface area contributed by atoms with Crippen LogP contribution in [0.2, 0.25) is 0 Å². The van der Waals surface area contributed by atoms with E-state index in [1.165, 1.54) is 0 Å². The summed E-state index contributed by atoms with van der Waals surface area (Å²) in [5.74, 6) is 0.0364. The molecule has 1 N–H and O–H groups in total. The topological polar surface area (TPSA) is 41.5 Å². The van der Waals surface area contributed by atoms with Gasteiger partial charge in [-0.05, 0) is 37.1 Å². The van der Waals surface area contributed by atoms with Gasteiger partial charge in [0.15, 0.2) is 0 Å². The van der Waals surface area contributed by atoms with Crippen molar-refractivity contribution in [2.24, 2.45) is 4.99 Å². The van der Waals surface area contributed by atoms with Crippen LogP contribution in [0.4, 0.5) is 11.4 Å². The molecule has 0 aromatic heterocycles. The Kier molecular flexibility index (Phi) is 2.24. The van der Waals surface area contributed by atoms with Gasteiger partial charge in [-0.1, -0.05) is 36.4 Å². The SMILES string of the molecule is CC1([C@@]2(C)C(=O)Nc3ccccc32)C=Nc2ccccc21. The number of benzene rings is 2. The third-order valence-corrected chi connectivity index (χ3v) is 5.13. The molecule has 104 valence electrons. The van der Waals surface area contributed by atoms with Gasteiger partial charge in [-0.2, -0.15) is 0 Å². The van der Waals surface area contributed by atoms with Crippen LogP contribution >= 0.6 is 0 Å². The summed E-state index contributed by atoms with van der Waals surface area (Å²) in [6, 6.07) is 16.0. The summed E-state index contributed by atoms with van der Waals surface area (Å²) in [4.78, 5) is 17.3. The first kappa shape index (κ1) is 12.3. The van der Waals surface area contributed by atoms with E-state index < -0.39 is 10.8 Å². The molecule has 0 saturated carbocycles. The monoisotopic (exact) mass is 276 g/mol. The molecule has 21 heavy (non-hydrogen) atoms. The van der Waals surface area contributed by atoms with E-state index in [0.717, 1.165) is 22.5 Å². The lowest BCUT2D eigenvalue weighted by atomic mass is 9.60. The van der Waals surface area contributed by atoms with Crippen LogP contribution in [-0.4, -0.2) is 12.1 Å². The summed E-state index contributed by atoms with van der Waals surface area (Å²) >= 11 is 0. The number of amides is 1. The number of nitrogens with zero attached hydrogens (tertiary/aromatic N) is 1. The lowest BCUT2D eigenvalue weighted by Gasteiger charge is -2.38. The van der Waals surface area contributed by atoms with Crippen molar-refractivity contribution in [2.75, 3.05) is 5.32 Å². The highest BCUT2D eigenvalue weighted by Crippen LogP contribution is 2.53. The smallest absolute Gasteiger partial charge is 0.236 e. The Labute approximate surface area is 123 Å². The molecule has 0 fully saturated rings. The quantitative estimate of drug-likeness (QED) is 0.850. The number of hydrogen-bond acceptors (Lipinski definition) is 2. The summed E-state index contributed by atoms with van der Waals surface area (Å²) in [6.07, 6.45) is 1.93. The third kappa shape index (κ3) is 1.33. The molecule has 0 radical (unpaired) electrons. The van der Waals surface area contributed by atoms with Gasteiger partial charge in [-0.25, -0.2) is 0 Å². The molecule has 2 aliphatic rings. The fourth-order valence-corrected chi connectivity index (χ4v) is 3.61. The van der Waals surface area contributed by atoms with Crippen molar-refractivity contribution in [3.05, 3.63) is 59.7 Å². The molecule has 3 nitrogen and oxygen atoms in total. The Morgan fingerprint density at radius 2 is 1.62 bits per heavy atom. The van der Waals surface area contributed by atoms with Gasteiger partial charge in [0.25, 0.3) is 0 Å². The molecule has 4 rings (SSSR count). The predicted molar refractivity (Wildman–Crippen MR) is 84.4 cm³/mol. The number of carbonyl (C=O) groups excluding carboxylic acids is 1. The van der Waals surface area contributed by atoms with Crippen LogP contribution in [-0.2, 0) is 15.6 Å². The second-order valence-corrected chi connectivity index (χ2v) is 6.10. The lowest BCUT2D eigenvalue weighted by molar-refractivity contribution is -0.121. The van der Waals surface area contributed by atoms with Gasteiger partial charge in [-0.3, -0.25) is 9.79 Å². The minimum absolute atomic E-state index is 0.0364. The van der Waals surface area contributed by atoms with Crippen LogP contribution in [0.5, 0.6) is 0 Å². The van der Waals surface area contributed by atoms with Gasteiger partial charge in [0.1, 0.15) is 0 Å². The van der Waals surface area contributed by atoms with E-state index in [0.29, 0.717) is 0 Å². The highest BCUT2D eigenvalue weighted by molar-refractivity contribution is 6.11. The van der Waals surface area contributed by atoms with E-state index in [2.05, 4.69) is 23.3 Å². The third-order valence-electron chi connectivity index (χ3n) is 5.13. The van der Waals surface area contributed by atoms with Crippen LogP contribution in [0.25, 0.3) is 0 Å². The zero-order valence-corrected chi connectivity index (χ0v) is 12.1. The van der Waals surface area contributed by atoms with E-state index in [-0.39, 0.29) is 5.91 Å². The maximum atomic E-state index is 12.8. The van der Waals surface area contributed by atoms with Gasteiger partial charge >= 0.3 is 0 Å². The first-order chi connectivity index (χ1) is 10.1. The Morgan fingerprint density at radius 1 is 0.952 bits per heavy atom. The molecule has 2 aromatic rings. The van der Waals surface area contributed by atoms with Crippen molar-refractivity contribution < 1.29 is 4.79 Å². The van der Waals surface area contributed by atoms with Gasteiger partial charge in [0, 0.05) is 17.3 Å². The van der Waals surface area contributed by atoms with E-state index in [1.807, 2.05) is 55.6 Å². The van der Waals surface area contributed by atoms with Crippen LogP contribution in [0, 0.1) is 0 Å². The molecule has 0 bridgehead atoms. The maximum absolute atomic E-state index is 12.8. The van der Waals surface area contributed by atoms with E-state index >= 15 is 0 Å². The molecular weight excluding hydrogens is 260 g/mol. The first-order valence-corrected chi connectivity index (χ1v) is 7.13. The summed E-state index contributed by atoms with van der Waals surface area (Å²) in [6.45, 7) is 4.12.